The zero-order chi connectivity index (χ0) is 12.4. The smallest absolute Gasteiger partial charge is 0.288 e. The summed E-state index contributed by atoms with van der Waals surface area (Å²) in [5, 5.41) is 22.0. The number of nitrogens with zero attached hydrogens (tertiary/aromatic N) is 2. The fraction of sp³-hybridized carbons (Fsp3) is 0.100. The van der Waals surface area contributed by atoms with Crippen LogP contribution in [0.5, 0.6) is 0 Å². The Morgan fingerprint density at radius 2 is 2.29 bits per heavy atom. The van der Waals surface area contributed by atoms with Crippen molar-refractivity contribution >= 4 is 28.6 Å². The number of benzene rings is 1. The zero-order valence-corrected chi connectivity index (χ0v) is 10.0. The van der Waals surface area contributed by atoms with Crippen LogP contribution in [0.3, 0.4) is 0 Å². The molecule has 1 aromatic carbocycles. The van der Waals surface area contributed by atoms with E-state index < -0.39 is 4.92 Å². The number of aliphatic hydroxyl groups is 1. The van der Waals surface area contributed by atoms with Gasteiger partial charge in [0.1, 0.15) is 10.0 Å². The van der Waals surface area contributed by atoms with Crippen LogP contribution in [0.15, 0.2) is 23.6 Å². The Balaban J connectivity index is 2.46. The first-order valence-electron chi connectivity index (χ1n) is 4.61. The summed E-state index contributed by atoms with van der Waals surface area (Å²) < 4.78 is 0. The number of hydrogen-bond acceptors (Lipinski definition) is 5. The van der Waals surface area contributed by atoms with E-state index in [0.29, 0.717) is 16.3 Å². The lowest BCUT2D eigenvalue weighted by atomic mass is 10.1. The van der Waals surface area contributed by atoms with Gasteiger partial charge in [0.2, 0.25) is 0 Å². The number of nitro benzene ring substituents is 1. The third-order valence-corrected chi connectivity index (χ3v) is 3.28. The largest absolute Gasteiger partial charge is 0.389 e. The highest BCUT2D eigenvalue weighted by molar-refractivity contribution is 7.09. The standard InChI is InChI=1S/C10H7ClN2O3S/c11-7-2-1-6(3-9(7)13(15)16)8-5-17-10(4-14)12-8/h1-3,5,14H,4H2. The van der Waals surface area contributed by atoms with Crippen molar-refractivity contribution < 1.29 is 10.0 Å². The van der Waals surface area contributed by atoms with Crippen LogP contribution in [0.2, 0.25) is 5.02 Å². The number of hydrogen-bond donors (Lipinski definition) is 1. The molecule has 0 unspecified atom stereocenters. The molecule has 88 valence electrons. The first-order valence-corrected chi connectivity index (χ1v) is 5.87. The Morgan fingerprint density at radius 3 is 2.88 bits per heavy atom. The maximum absolute atomic E-state index is 10.7. The number of aromatic nitrogens is 1. The average molecular weight is 271 g/mol. The molecule has 7 heteroatoms. The molecule has 0 aliphatic rings. The van der Waals surface area contributed by atoms with E-state index in [9.17, 15) is 10.1 Å². The molecule has 0 saturated heterocycles. The predicted molar refractivity (Wildman–Crippen MR) is 65.1 cm³/mol. The van der Waals surface area contributed by atoms with Gasteiger partial charge in [-0.25, -0.2) is 4.98 Å². The van der Waals surface area contributed by atoms with E-state index in [1.54, 1.807) is 11.4 Å². The van der Waals surface area contributed by atoms with Gasteiger partial charge in [-0.1, -0.05) is 17.7 Å². The van der Waals surface area contributed by atoms with Crippen LogP contribution < -0.4 is 0 Å². The fourth-order valence-electron chi connectivity index (χ4n) is 1.33. The van der Waals surface area contributed by atoms with E-state index >= 15 is 0 Å². The van der Waals surface area contributed by atoms with Gasteiger partial charge < -0.3 is 5.11 Å². The topological polar surface area (TPSA) is 76.3 Å². The molecule has 17 heavy (non-hydrogen) atoms. The van der Waals surface area contributed by atoms with Crippen molar-refractivity contribution in [1.29, 1.82) is 0 Å². The van der Waals surface area contributed by atoms with Gasteiger partial charge in [0, 0.05) is 17.0 Å². The summed E-state index contributed by atoms with van der Waals surface area (Å²) in [4.78, 5) is 14.3. The van der Waals surface area contributed by atoms with E-state index in [0.717, 1.165) is 0 Å². The highest BCUT2D eigenvalue weighted by Gasteiger charge is 2.14. The first-order chi connectivity index (χ1) is 8.11. The highest BCUT2D eigenvalue weighted by Crippen LogP contribution is 2.30. The summed E-state index contributed by atoms with van der Waals surface area (Å²) in [5.41, 5.74) is 1.05. The van der Waals surface area contributed by atoms with Crippen molar-refractivity contribution in [3.05, 3.63) is 43.7 Å². The first kappa shape index (κ1) is 12.0. The lowest BCUT2D eigenvalue weighted by Crippen LogP contribution is -1.90. The number of thiazole rings is 1. The minimum Gasteiger partial charge on any atom is -0.389 e. The van der Waals surface area contributed by atoms with Crippen molar-refractivity contribution in [2.45, 2.75) is 6.61 Å². The molecule has 0 fully saturated rings. The van der Waals surface area contributed by atoms with Crippen molar-refractivity contribution in [1.82, 2.24) is 4.98 Å². The summed E-state index contributed by atoms with van der Waals surface area (Å²) in [6.45, 7) is -0.139. The quantitative estimate of drug-likeness (QED) is 0.687. The van der Waals surface area contributed by atoms with Crippen LogP contribution in [-0.4, -0.2) is 15.0 Å². The Hall–Kier alpha value is -1.50. The molecule has 1 N–H and O–H groups in total. The molecule has 1 heterocycles. The molecule has 0 amide bonds. The molecule has 0 spiro atoms. The van der Waals surface area contributed by atoms with Crippen molar-refractivity contribution in [2.24, 2.45) is 0 Å². The Bertz CT molecular complexity index is 570. The van der Waals surface area contributed by atoms with Gasteiger partial charge in [0.05, 0.1) is 17.2 Å². The van der Waals surface area contributed by atoms with E-state index in [4.69, 9.17) is 16.7 Å². The molecule has 0 bridgehead atoms. The molecule has 0 aliphatic heterocycles. The van der Waals surface area contributed by atoms with Crippen molar-refractivity contribution in [2.75, 3.05) is 0 Å². The van der Waals surface area contributed by atoms with Gasteiger partial charge in [-0.3, -0.25) is 10.1 Å². The molecule has 0 atom stereocenters. The molecular formula is C10H7ClN2O3S. The molecule has 2 aromatic rings. The van der Waals surface area contributed by atoms with Crippen LogP contribution in [-0.2, 0) is 6.61 Å². The summed E-state index contributed by atoms with van der Waals surface area (Å²) in [6.07, 6.45) is 0. The van der Waals surface area contributed by atoms with E-state index in [1.807, 2.05) is 0 Å². The second-order valence-electron chi connectivity index (χ2n) is 3.21. The summed E-state index contributed by atoms with van der Waals surface area (Å²) >= 11 is 7.01. The molecule has 0 radical (unpaired) electrons. The lowest BCUT2D eigenvalue weighted by Gasteiger charge is -1.98. The van der Waals surface area contributed by atoms with Crippen LogP contribution in [0, 0.1) is 10.1 Å². The van der Waals surface area contributed by atoms with Gasteiger partial charge in [0.25, 0.3) is 5.69 Å². The maximum atomic E-state index is 10.7. The van der Waals surface area contributed by atoms with Gasteiger partial charge in [0.15, 0.2) is 0 Å². The van der Waals surface area contributed by atoms with Gasteiger partial charge in [-0.15, -0.1) is 11.3 Å². The van der Waals surface area contributed by atoms with Crippen molar-refractivity contribution in [3.63, 3.8) is 0 Å². The average Bonchev–Trinajstić information content (AvgIpc) is 2.78. The second-order valence-corrected chi connectivity index (χ2v) is 4.56. The van der Waals surface area contributed by atoms with Crippen LogP contribution in [0.4, 0.5) is 5.69 Å². The molecule has 2 rings (SSSR count). The third-order valence-electron chi connectivity index (χ3n) is 2.13. The monoisotopic (exact) mass is 270 g/mol. The summed E-state index contributed by atoms with van der Waals surface area (Å²) in [6, 6.07) is 4.50. The van der Waals surface area contributed by atoms with Crippen molar-refractivity contribution in [3.8, 4) is 11.3 Å². The summed E-state index contributed by atoms with van der Waals surface area (Å²) in [7, 11) is 0. The maximum Gasteiger partial charge on any atom is 0.288 e. The zero-order valence-electron chi connectivity index (χ0n) is 8.46. The van der Waals surface area contributed by atoms with Gasteiger partial charge in [-0.2, -0.15) is 0 Å². The van der Waals surface area contributed by atoms with Gasteiger partial charge >= 0.3 is 0 Å². The Labute approximate surface area is 105 Å². The van der Waals surface area contributed by atoms with Crippen LogP contribution >= 0.6 is 22.9 Å². The summed E-state index contributed by atoms with van der Waals surface area (Å²) in [5.74, 6) is 0. The number of halogens is 1. The van der Waals surface area contributed by atoms with Crippen LogP contribution in [0.25, 0.3) is 11.3 Å². The lowest BCUT2D eigenvalue weighted by molar-refractivity contribution is -0.384. The number of rotatable bonds is 3. The molecule has 5 nitrogen and oxygen atoms in total. The third kappa shape index (κ3) is 2.44. The Morgan fingerprint density at radius 1 is 1.53 bits per heavy atom. The molecule has 1 aromatic heterocycles. The second kappa shape index (κ2) is 4.79. The van der Waals surface area contributed by atoms with Crippen LogP contribution in [0.1, 0.15) is 5.01 Å². The number of aliphatic hydroxyl groups excluding tert-OH is 1. The molecule has 0 aliphatic carbocycles. The normalized spacial score (nSPS) is 10.5. The Kier molecular flexibility index (Phi) is 3.37. The molecule has 0 saturated carbocycles. The fourth-order valence-corrected chi connectivity index (χ4v) is 2.18. The van der Waals surface area contributed by atoms with E-state index in [-0.39, 0.29) is 17.3 Å². The molecular weight excluding hydrogens is 264 g/mol. The minimum atomic E-state index is -0.537. The SMILES string of the molecule is O=[N+]([O-])c1cc(-c2csc(CO)n2)ccc1Cl. The van der Waals surface area contributed by atoms with E-state index in [2.05, 4.69) is 4.98 Å². The predicted octanol–water partition coefficient (Wildman–Crippen LogP) is 2.86. The number of nitro groups is 1. The van der Waals surface area contributed by atoms with E-state index in [1.165, 1.54) is 23.5 Å². The minimum absolute atomic E-state index is 0.0939. The van der Waals surface area contributed by atoms with Gasteiger partial charge in [-0.05, 0) is 6.07 Å². The highest BCUT2D eigenvalue weighted by atomic mass is 35.5.